The summed E-state index contributed by atoms with van der Waals surface area (Å²) in [6.45, 7) is 10.2. The minimum atomic E-state index is -3.07. The quantitative estimate of drug-likeness (QED) is 0.0553. The molecule has 3 amide bonds. The number of β-amino-alcohol motifs (C(OH)–C–C–N with tert-alkyl or cyclic N) is 1. The molecule has 17 heteroatoms. The zero-order chi connectivity index (χ0) is 50.3. The maximum Gasteiger partial charge on any atom is 0.257 e. The molecule has 0 saturated carbocycles. The van der Waals surface area contributed by atoms with E-state index >= 15 is 8.78 Å². The first-order valence-corrected chi connectivity index (χ1v) is 24.9. The second-order valence-electron chi connectivity index (χ2n) is 19.9. The number of ether oxygens (including phenoxy) is 3. The van der Waals surface area contributed by atoms with Crippen molar-refractivity contribution in [3.63, 3.8) is 0 Å². The predicted molar refractivity (Wildman–Crippen MR) is 260 cm³/mol. The van der Waals surface area contributed by atoms with Crippen LogP contribution in [0.15, 0.2) is 71.7 Å². The second-order valence-corrected chi connectivity index (χ2v) is 20.7. The van der Waals surface area contributed by atoms with Crippen LogP contribution < -0.4 is 15.4 Å². The molecule has 0 radical (unpaired) electrons. The fraction of sp³-hybridized carbons (Fsp3) is 0.509. The molecule has 3 aromatic carbocycles. The van der Waals surface area contributed by atoms with Crippen molar-refractivity contribution in [3.05, 3.63) is 111 Å². The van der Waals surface area contributed by atoms with Crippen LogP contribution in [0, 0.1) is 24.0 Å². The number of nitrogens with zero attached hydrogens (tertiary/aromatic N) is 3. The van der Waals surface area contributed by atoms with Gasteiger partial charge in [-0.15, -0.1) is 11.3 Å². The van der Waals surface area contributed by atoms with E-state index in [0.29, 0.717) is 38.7 Å². The van der Waals surface area contributed by atoms with E-state index in [0.717, 1.165) is 63.0 Å². The number of carbonyl (C=O) groups is 3. The average Bonchev–Trinajstić information content (AvgIpc) is 4.02. The Morgan fingerprint density at radius 3 is 2.33 bits per heavy atom. The number of nitrogens with one attached hydrogen (secondary N) is 2. The number of alkyl halides is 2. The number of aromatic nitrogens is 1. The summed E-state index contributed by atoms with van der Waals surface area (Å²) in [5, 5.41) is 16.2. The molecule has 1 fully saturated rings. The van der Waals surface area contributed by atoms with Crippen molar-refractivity contribution in [2.24, 2.45) is 5.41 Å². The maximum atomic E-state index is 16.0. The largest absolute Gasteiger partial charge is 0.493 e. The Morgan fingerprint density at radius 2 is 1.64 bits per heavy atom. The number of carbonyl (C=O) groups excluding carboxylic acids is 3. The van der Waals surface area contributed by atoms with Gasteiger partial charge in [0.2, 0.25) is 17.7 Å². The second kappa shape index (κ2) is 22.9. The highest BCUT2D eigenvalue weighted by atomic mass is 32.1. The molecule has 3 heterocycles. The molecular weight excluding hydrogens is 927 g/mol. The van der Waals surface area contributed by atoms with E-state index in [2.05, 4.69) is 15.6 Å². The summed E-state index contributed by atoms with van der Waals surface area (Å²) in [4.78, 5) is 48.7. The SMILES string of the molecule is Cc1ncsc1-c1ccc(CNC(=O)[C@@H]2C[C@@H](O)CN2C(=O)[C@@H](NC(=O)COCCOCCCCCOc2cc(F)c([C@@H]3C4=C(C[C@@H](C)N3CC(C)(F)F)c3ccccc3C4)c(F)c2)C(C)(C)C)cc1. The number of benzene rings is 3. The molecule has 378 valence electrons. The molecule has 0 spiro atoms. The zero-order valence-corrected chi connectivity index (χ0v) is 41.6. The Hall–Kier alpha value is -5.20. The van der Waals surface area contributed by atoms with E-state index in [9.17, 15) is 28.3 Å². The Labute approximate surface area is 411 Å². The van der Waals surface area contributed by atoms with Crippen LogP contribution in [0.25, 0.3) is 16.0 Å². The van der Waals surface area contributed by atoms with Crippen LogP contribution in [0.5, 0.6) is 5.75 Å². The van der Waals surface area contributed by atoms with E-state index in [1.807, 2.05) is 83.1 Å². The molecule has 4 aromatic rings. The van der Waals surface area contributed by atoms with E-state index < -0.39 is 71.5 Å². The van der Waals surface area contributed by atoms with Crippen molar-refractivity contribution in [1.82, 2.24) is 25.4 Å². The lowest BCUT2D eigenvalue weighted by Crippen LogP contribution is -2.58. The summed E-state index contributed by atoms with van der Waals surface area (Å²) in [7, 11) is 0. The first-order valence-electron chi connectivity index (χ1n) is 24.0. The molecule has 1 saturated heterocycles. The van der Waals surface area contributed by atoms with Crippen molar-refractivity contribution < 1.29 is 51.3 Å². The normalized spacial score (nSPS) is 19.8. The Morgan fingerprint density at radius 1 is 0.943 bits per heavy atom. The number of thiazole rings is 1. The van der Waals surface area contributed by atoms with Crippen LogP contribution in [-0.4, -0.2) is 114 Å². The van der Waals surface area contributed by atoms with Gasteiger partial charge >= 0.3 is 0 Å². The van der Waals surface area contributed by atoms with Crippen molar-refractivity contribution in [2.45, 2.75) is 123 Å². The van der Waals surface area contributed by atoms with Crippen LogP contribution in [0.4, 0.5) is 17.6 Å². The number of aryl methyl sites for hydroxylation is 1. The smallest absolute Gasteiger partial charge is 0.257 e. The van der Waals surface area contributed by atoms with Crippen LogP contribution in [0.1, 0.15) is 101 Å². The number of rotatable bonds is 21. The van der Waals surface area contributed by atoms with Gasteiger partial charge in [0, 0.05) is 56.8 Å². The highest BCUT2D eigenvalue weighted by Gasteiger charge is 2.46. The molecule has 0 bridgehead atoms. The highest BCUT2D eigenvalue weighted by Crippen LogP contribution is 2.50. The van der Waals surface area contributed by atoms with Crippen molar-refractivity contribution in [1.29, 1.82) is 0 Å². The number of fused-ring (bicyclic) bond motifs is 2. The van der Waals surface area contributed by atoms with Gasteiger partial charge in [0.1, 0.15) is 36.1 Å². The number of amides is 3. The molecule has 3 aliphatic rings. The van der Waals surface area contributed by atoms with Gasteiger partial charge in [-0.2, -0.15) is 0 Å². The summed E-state index contributed by atoms with van der Waals surface area (Å²) < 4.78 is 77.9. The van der Waals surface area contributed by atoms with E-state index in [-0.39, 0.29) is 63.3 Å². The highest BCUT2D eigenvalue weighted by molar-refractivity contribution is 7.13. The number of unbranched alkanes of at least 4 members (excludes halogenated alkanes) is 2. The fourth-order valence-corrected chi connectivity index (χ4v) is 10.5. The first kappa shape index (κ1) is 52.6. The number of hydrogen-bond donors (Lipinski definition) is 3. The molecule has 5 atom stereocenters. The molecule has 3 N–H and O–H groups in total. The number of hydrogen-bond acceptors (Lipinski definition) is 10. The average molecular weight is 992 g/mol. The van der Waals surface area contributed by atoms with Gasteiger partial charge in [-0.25, -0.2) is 22.5 Å². The van der Waals surface area contributed by atoms with Gasteiger partial charge in [0.05, 0.1) is 54.6 Å². The van der Waals surface area contributed by atoms with Gasteiger partial charge in [-0.3, -0.25) is 19.3 Å². The lowest BCUT2D eigenvalue weighted by atomic mass is 9.84. The molecule has 1 aliphatic carbocycles. The topological polar surface area (TPSA) is 143 Å². The van der Waals surface area contributed by atoms with Crippen molar-refractivity contribution in [3.8, 4) is 16.2 Å². The minimum Gasteiger partial charge on any atom is -0.493 e. The molecule has 70 heavy (non-hydrogen) atoms. The Balaban J connectivity index is 0.804. The van der Waals surface area contributed by atoms with Crippen molar-refractivity contribution in [2.75, 3.05) is 46.1 Å². The third-order valence-electron chi connectivity index (χ3n) is 13.1. The number of aliphatic hydroxyl groups is 1. The van der Waals surface area contributed by atoms with Crippen LogP contribution >= 0.6 is 11.3 Å². The lowest BCUT2D eigenvalue weighted by molar-refractivity contribution is -0.144. The first-order chi connectivity index (χ1) is 33.3. The maximum absolute atomic E-state index is 16.0. The number of aliphatic hydroxyl groups excluding tert-OH is 1. The predicted octanol–water partition coefficient (Wildman–Crippen LogP) is 8.59. The molecular formula is C53H65F4N5O7S. The third-order valence-corrected chi connectivity index (χ3v) is 14.1. The standard InChI is InChI=1S/C53H65F4N5O7S/c1-32-22-40-39-13-9-8-12-36(39)23-41(40)47(62(32)30-53(6,56)57)46-42(54)25-38(26-43(46)55)69-19-11-7-10-18-67-20-21-68-29-45(64)60-49(52(3,4)5)51(66)61-28-37(63)24-44(61)50(65)58-27-34-14-16-35(17-15-34)48-33(2)59-31-70-48/h8-9,12-17,25-26,31-32,37,44,47,49,63H,7,10-11,18-24,27-30H2,1-6H3,(H,58,65)(H,60,64)/t32-,37-,44+,47+,49-/m1/s1. The third kappa shape index (κ3) is 13.0. The minimum absolute atomic E-state index is 0.0213. The molecule has 2 aliphatic heterocycles. The van der Waals surface area contributed by atoms with Gasteiger partial charge in [0.25, 0.3) is 5.92 Å². The summed E-state index contributed by atoms with van der Waals surface area (Å²) in [5.74, 6) is -6.11. The number of halogens is 4. The fourth-order valence-electron chi connectivity index (χ4n) is 9.68. The molecule has 1 aromatic heterocycles. The van der Waals surface area contributed by atoms with Crippen LogP contribution in [0.2, 0.25) is 0 Å². The van der Waals surface area contributed by atoms with Gasteiger partial charge in [-0.05, 0) is 84.8 Å². The Bertz CT molecular complexity index is 2480. The van der Waals surface area contributed by atoms with Crippen molar-refractivity contribution >= 4 is 34.6 Å². The zero-order valence-electron chi connectivity index (χ0n) is 40.8. The number of likely N-dealkylation sites (tertiary alicyclic amines) is 1. The molecule has 12 nitrogen and oxygen atoms in total. The molecule has 7 rings (SSSR count). The van der Waals surface area contributed by atoms with Crippen LogP contribution in [-0.2, 0) is 36.8 Å². The summed E-state index contributed by atoms with van der Waals surface area (Å²) in [5.41, 5.74) is 7.44. The van der Waals surface area contributed by atoms with E-state index in [4.69, 9.17) is 14.2 Å². The van der Waals surface area contributed by atoms with Gasteiger partial charge in [-0.1, -0.05) is 69.3 Å². The van der Waals surface area contributed by atoms with Gasteiger partial charge < -0.3 is 34.9 Å². The van der Waals surface area contributed by atoms with Gasteiger partial charge in [0.15, 0.2) is 0 Å². The lowest BCUT2D eigenvalue weighted by Gasteiger charge is -2.43. The monoisotopic (exact) mass is 991 g/mol. The summed E-state index contributed by atoms with van der Waals surface area (Å²) in [6.07, 6.45) is 2.07. The van der Waals surface area contributed by atoms with Crippen LogP contribution in [0.3, 0.4) is 0 Å². The van der Waals surface area contributed by atoms with E-state index in [1.165, 1.54) is 9.80 Å². The van der Waals surface area contributed by atoms with E-state index in [1.54, 1.807) is 16.8 Å². The summed E-state index contributed by atoms with van der Waals surface area (Å²) >= 11 is 1.56. The Kier molecular flexibility index (Phi) is 17.2. The molecule has 0 unspecified atom stereocenters. The summed E-state index contributed by atoms with van der Waals surface area (Å²) in [6, 6.07) is 14.6.